The minimum atomic E-state index is -0.541. The predicted octanol–water partition coefficient (Wildman–Crippen LogP) is 2.96. The zero-order valence-electron chi connectivity index (χ0n) is 6.97. The summed E-state index contributed by atoms with van der Waals surface area (Å²) in [5.41, 5.74) is 6.17. The van der Waals surface area contributed by atoms with Crippen molar-refractivity contribution in [2.75, 3.05) is 0 Å². The van der Waals surface area contributed by atoms with Crippen molar-refractivity contribution in [3.63, 3.8) is 0 Å². The maximum Gasteiger partial charge on any atom is 0.148 e. The van der Waals surface area contributed by atoms with Crippen LogP contribution in [0.5, 0.6) is 0 Å². The van der Waals surface area contributed by atoms with Gasteiger partial charge in [0.05, 0.1) is 22.5 Å². The van der Waals surface area contributed by atoms with Crippen LogP contribution < -0.4 is 5.73 Å². The van der Waals surface area contributed by atoms with E-state index in [0.29, 0.717) is 10.6 Å². The molecule has 14 heavy (non-hydrogen) atoms. The average molecular weight is 251 g/mol. The highest BCUT2D eigenvalue weighted by atomic mass is 35.5. The number of hydrogen-bond acceptors (Lipinski definition) is 3. The van der Waals surface area contributed by atoms with Crippen LogP contribution in [0.4, 0.5) is 0 Å². The van der Waals surface area contributed by atoms with Gasteiger partial charge < -0.3 is 5.73 Å². The molecule has 1 aromatic rings. The summed E-state index contributed by atoms with van der Waals surface area (Å²) in [6, 6.07) is 1.39. The van der Waals surface area contributed by atoms with Gasteiger partial charge in [0.25, 0.3) is 0 Å². The highest BCUT2D eigenvalue weighted by molar-refractivity contribution is 6.43. The first kappa shape index (κ1) is 11.5. The Hall–Kier alpha value is -0.530. The molecule has 0 aliphatic heterocycles. The van der Waals surface area contributed by atoms with Gasteiger partial charge in [-0.25, -0.2) is 4.98 Å². The highest BCUT2D eigenvalue weighted by Gasteiger charge is 2.17. The number of aromatic nitrogens is 1. The Kier molecular flexibility index (Phi) is 3.97. The van der Waals surface area contributed by atoms with Crippen LogP contribution in [0.15, 0.2) is 6.20 Å². The predicted molar refractivity (Wildman–Crippen MR) is 56.4 cm³/mol. The van der Waals surface area contributed by atoms with Crippen molar-refractivity contribution < 1.29 is 0 Å². The van der Waals surface area contributed by atoms with Crippen molar-refractivity contribution in [2.24, 2.45) is 5.73 Å². The van der Waals surface area contributed by atoms with Crippen LogP contribution in [0, 0.1) is 11.3 Å². The SMILES string of the molecule is N#CC[C@H](N)c1c(Cl)cnc(Cl)c1Cl. The van der Waals surface area contributed by atoms with E-state index >= 15 is 0 Å². The summed E-state index contributed by atoms with van der Waals surface area (Å²) >= 11 is 17.4. The number of nitrogens with zero attached hydrogens (tertiary/aromatic N) is 2. The fourth-order valence-corrected chi connectivity index (χ4v) is 1.77. The number of pyridine rings is 1. The van der Waals surface area contributed by atoms with Gasteiger partial charge in [0.1, 0.15) is 5.15 Å². The Morgan fingerprint density at radius 1 is 1.50 bits per heavy atom. The molecule has 0 amide bonds. The summed E-state index contributed by atoms with van der Waals surface area (Å²) in [7, 11) is 0. The van der Waals surface area contributed by atoms with Gasteiger partial charge in [-0.05, 0) is 0 Å². The van der Waals surface area contributed by atoms with Gasteiger partial charge in [0.2, 0.25) is 0 Å². The first-order valence-corrected chi connectivity index (χ1v) is 4.83. The lowest BCUT2D eigenvalue weighted by Gasteiger charge is -2.12. The van der Waals surface area contributed by atoms with Gasteiger partial charge in [0, 0.05) is 17.8 Å². The average Bonchev–Trinajstić information content (AvgIpc) is 2.13. The van der Waals surface area contributed by atoms with Gasteiger partial charge in [-0.2, -0.15) is 5.26 Å². The summed E-state index contributed by atoms with van der Waals surface area (Å²) in [5.74, 6) is 0. The molecule has 0 unspecified atom stereocenters. The molecule has 74 valence electrons. The molecule has 1 aromatic heterocycles. The van der Waals surface area contributed by atoms with E-state index in [4.69, 9.17) is 45.8 Å². The van der Waals surface area contributed by atoms with Crippen LogP contribution in [0.1, 0.15) is 18.0 Å². The second-order valence-electron chi connectivity index (χ2n) is 2.59. The lowest BCUT2D eigenvalue weighted by atomic mass is 10.1. The molecule has 1 heterocycles. The summed E-state index contributed by atoms with van der Waals surface area (Å²) in [5, 5.41) is 9.15. The zero-order valence-corrected chi connectivity index (χ0v) is 9.24. The van der Waals surface area contributed by atoms with Crippen molar-refractivity contribution in [2.45, 2.75) is 12.5 Å². The van der Waals surface area contributed by atoms with E-state index in [9.17, 15) is 0 Å². The number of hydrogen-bond donors (Lipinski definition) is 1. The highest BCUT2D eigenvalue weighted by Crippen LogP contribution is 2.33. The second-order valence-corrected chi connectivity index (χ2v) is 3.74. The second kappa shape index (κ2) is 4.81. The lowest BCUT2D eigenvalue weighted by Crippen LogP contribution is -2.11. The minimum absolute atomic E-state index is 0.125. The Labute approximate surface area is 96.4 Å². The van der Waals surface area contributed by atoms with Gasteiger partial charge in [0.15, 0.2) is 0 Å². The number of rotatable bonds is 2. The Balaban J connectivity index is 3.19. The molecule has 1 rings (SSSR count). The van der Waals surface area contributed by atoms with E-state index in [-0.39, 0.29) is 16.6 Å². The van der Waals surface area contributed by atoms with Crippen molar-refractivity contribution in [3.8, 4) is 6.07 Å². The van der Waals surface area contributed by atoms with Crippen LogP contribution in [0.3, 0.4) is 0 Å². The molecule has 0 saturated heterocycles. The molecule has 0 aromatic carbocycles. The molecule has 0 bridgehead atoms. The number of nitrogens with two attached hydrogens (primary N) is 1. The van der Waals surface area contributed by atoms with E-state index in [1.807, 2.05) is 6.07 Å². The maximum absolute atomic E-state index is 8.48. The summed E-state index contributed by atoms with van der Waals surface area (Å²) < 4.78 is 0. The fraction of sp³-hybridized carbons (Fsp3) is 0.250. The zero-order chi connectivity index (χ0) is 10.7. The molecule has 0 aliphatic rings. The van der Waals surface area contributed by atoms with Crippen LogP contribution in [-0.2, 0) is 0 Å². The molecule has 0 fully saturated rings. The largest absolute Gasteiger partial charge is 0.323 e. The van der Waals surface area contributed by atoms with Gasteiger partial charge in [-0.3, -0.25) is 0 Å². The molecule has 0 saturated carbocycles. The Bertz CT molecular complexity index is 386. The monoisotopic (exact) mass is 249 g/mol. The van der Waals surface area contributed by atoms with Crippen LogP contribution >= 0.6 is 34.8 Å². The molecule has 0 radical (unpaired) electrons. The molecule has 0 aliphatic carbocycles. The van der Waals surface area contributed by atoms with E-state index in [1.165, 1.54) is 6.20 Å². The van der Waals surface area contributed by atoms with Crippen molar-refractivity contribution in [1.29, 1.82) is 5.26 Å². The number of nitriles is 1. The van der Waals surface area contributed by atoms with Crippen molar-refractivity contribution in [1.82, 2.24) is 4.98 Å². The lowest BCUT2D eigenvalue weighted by molar-refractivity contribution is 0.747. The molecule has 6 heteroatoms. The Morgan fingerprint density at radius 2 is 2.14 bits per heavy atom. The summed E-state index contributed by atoms with van der Waals surface area (Å²) in [4.78, 5) is 3.74. The van der Waals surface area contributed by atoms with E-state index in [2.05, 4.69) is 4.98 Å². The topological polar surface area (TPSA) is 62.7 Å². The molecule has 3 nitrogen and oxygen atoms in total. The third-order valence-corrected chi connectivity index (χ3v) is 2.72. The van der Waals surface area contributed by atoms with E-state index < -0.39 is 6.04 Å². The molecular formula is C8H6Cl3N3. The van der Waals surface area contributed by atoms with Crippen molar-refractivity contribution in [3.05, 3.63) is 27.0 Å². The minimum Gasteiger partial charge on any atom is -0.323 e. The summed E-state index contributed by atoms with van der Waals surface area (Å²) in [6.07, 6.45) is 1.49. The Morgan fingerprint density at radius 3 is 2.71 bits per heavy atom. The normalized spacial score (nSPS) is 12.2. The molecule has 1 atom stereocenters. The smallest absolute Gasteiger partial charge is 0.148 e. The fourth-order valence-electron chi connectivity index (χ4n) is 0.996. The van der Waals surface area contributed by atoms with Gasteiger partial charge in [-0.15, -0.1) is 0 Å². The third kappa shape index (κ3) is 2.28. The van der Waals surface area contributed by atoms with Gasteiger partial charge >= 0.3 is 0 Å². The van der Waals surface area contributed by atoms with Crippen molar-refractivity contribution >= 4 is 34.8 Å². The maximum atomic E-state index is 8.48. The standard InChI is InChI=1S/C8H6Cl3N3/c9-4-3-14-8(11)7(10)6(4)5(13)1-2-12/h3,5H,1,13H2/t5-/m0/s1. The summed E-state index contributed by atoms with van der Waals surface area (Å²) in [6.45, 7) is 0. The molecule has 2 N–H and O–H groups in total. The third-order valence-electron chi connectivity index (χ3n) is 1.65. The van der Waals surface area contributed by atoms with E-state index in [1.54, 1.807) is 0 Å². The first-order valence-electron chi connectivity index (χ1n) is 3.69. The number of halogens is 3. The van der Waals surface area contributed by atoms with Crippen LogP contribution in [-0.4, -0.2) is 4.98 Å². The van der Waals surface area contributed by atoms with E-state index in [0.717, 1.165) is 0 Å². The molecular weight excluding hydrogens is 244 g/mol. The quantitative estimate of drug-likeness (QED) is 0.821. The first-order chi connectivity index (χ1) is 6.57. The molecule has 0 spiro atoms. The van der Waals surface area contributed by atoms with Gasteiger partial charge in [-0.1, -0.05) is 34.8 Å². The van der Waals surface area contributed by atoms with Crippen LogP contribution in [0.2, 0.25) is 15.2 Å². The van der Waals surface area contributed by atoms with Crippen LogP contribution in [0.25, 0.3) is 0 Å².